The molecule has 20 heavy (non-hydrogen) atoms. The van der Waals surface area contributed by atoms with Gasteiger partial charge in [0.05, 0.1) is 13.7 Å². The highest BCUT2D eigenvalue weighted by Gasteiger charge is 2.45. The molecule has 1 fully saturated rings. The summed E-state index contributed by atoms with van der Waals surface area (Å²) in [5.41, 5.74) is 0.668. The van der Waals surface area contributed by atoms with Crippen molar-refractivity contribution in [3.05, 3.63) is 24.3 Å². The lowest BCUT2D eigenvalue weighted by molar-refractivity contribution is -0.0774. The van der Waals surface area contributed by atoms with Crippen molar-refractivity contribution in [2.24, 2.45) is 0 Å². The van der Waals surface area contributed by atoms with E-state index in [9.17, 15) is 15.3 Å². The number of aliphatic hydroxyl groups excluding tert-OH is 4. The Morgan fingerprint density at radius 2 is 1.90 bits per heavy atom. The van der Waals surface area contributed by atoms with Crippen molar-refractivity contribution in [1.82, 2.24) is 0 Å². The summed E-state index contributed by atoms with van der Waals surface area (Å²) in [6.07, 6.45) is -5.63. The fraction of sp³-hybridized carbons (Fsp3) is 0.538. The highest BCUT2D eigenvalue weighted by atomic mass is 16.6. The van der Waals surface area contributed by atoms with E-state index in [-0.39, 0.29) is 0 Å². The van der Waals surface area contributed by atoms with Crippen LogP contribution in [0.2, 0.25) is 0 Å². The van der Waals surface area contributed by atoms with Gasteiger partial charge < -0.3 is 35.2 Å². The van der Waals surface area contributed by atoms with Crippen LogP contribution in [0.3, 0.4) is 0 Å². The Bertz CT molecular complexity index is 425. The van der Waals surface area contributed by atoms with E-state index in [1.165, 1.54) is 0 Å². The number of hydrogen-bond acceptors (Lipinski definition) is 7. The van der Waals surface area contributed by atoms with E-state index < -0.39 is 37.3 Å². The molecule has 5 N–H and O–H groups in total. The fourth-order valence-electron chi connectivity index (χ4n) is 2.10. The first-order valence-corrected chi connectivity index (χ1v) is 6.28. The molecule has 0 radical (unpaired) electrons. The molecule has 0 unspecified atom stereocenters. The lowest BCUT2D eigenvalue weighted by Crippen LogP contribution is -2.40. The summed E-state index contributed by atoms with van der Waals surface area (Å²) in [5.74, 6) is 0.692. The summed E-state index contributed by atoms with van der Waals surface area (Å²) in [6, 6.07) is 6.94. The Hall–Kier alpha value is -1.38. The number of methoxy groups -OCH3 is 1. The maximum Gasteiger partial charge on any atom is 0.157 e. The topological polar surface area (TPSA) is 111 Å². The highest BCUT2D eigenvalue weighted by Crippen LogP contribution is 2.26. The van der Waals surface area contributed by atoms with E-state index >= 15 is 0 Å². The van der Waals surface area contributed by atoms with Crippen LogP contribution in [0.25, 0.3) is 0 Å². The Morgan fingerprint density at radius 1 is 1.25 bits per heavy atom. The molecular formula is C13H19NO6. The quantitative estimate of drug-likeness (QED) is 0.467. The number of hydrogen-bond donors (Lipinski definition) is 5. The molecule has 1 saturated heterocycles. The summed E-state index contributed by atoms with van der Waals surface area (Å²) in [7, 11) is 1.56. The van der Waals surface area contributed by atoms with Gasteiger partial charge in [-0.05, 0) is 24.3 Å². The summed E-state index contributed by atoms with van der Waals surface area (Å²) in [5, 5.41) is 40.9. The largest absolute Gasteiger partial charge is 0.497 e. The normalized spacial score (nSPS) is 31.1. The van der Waals surface area contributed by atoms with E-state index in [0.717, 1.165) is 0 Å². The van der Waals surface area contributed by atoms with Gasteiger partial charge in [-0.2, -0.15) is 0 Å². The summed E-state index contributed by atoms with van der Waals surface area (Å²) in [4.78, 5) is 0. The maximum absolute atomic E-state index is 9.88. The molecule has 1 heterocycles. The zero-order valence-electron chi connectivity index (χ0n) is 11.0. The second-order valence-corrected chi connectivity index (χ2v) is 4.63. The number of anilines is 1. The van der Waals surface area contributed by atoms with Gasteiger partial charge in [-0.1, -0.05) is 0 Å². The molecule has 112 valence electrons. The molecule has 0 bridgehead atoms. The van der Waals surface area contributed by atoms with Crippen LogP contribution in [-0.2, 0) is 4.74 Å². The van der Waals surface area contributed by atoms with Crippen LogP contribution in [0.1, 0.15) is 0 Å². The molecule has 1 aromatic rings. The van der Waals surface area contributed by atoms with Gasteiger partial charge in [-0.25, -0.2) is 0 Å². The molecule has 1 aromatic carbocycles. The molecular weight excluding hydrogens is 266 g/mol. The minimum Gasteiger partial charge on any atom is -0.497 e. The Kier molecular flexibility index (Phi) is 4.79. The standard InChI is InChI=1S/C13H19NO6/c1-19-8-4-2-7(3-5-8)14-13-11(18)10(17)12(20-13)9(16)6-15/h2-5,9-18H,6H2,1H3/t9-,10+,11+,12+,13+/m1/s1. The van der Waals surface area contributed by atoms with E-state index in [4.69, 9.17) is 14.6 Å². The summed E-state index contributed by atoms with van der Waals surface area (Å²) < 4.78 is 10.4. The van der Waals surface area contributed by atoms with E-state index in [1.807, 2.05) is 0 Å². The zero-order chi connectivity index (χ0) is 14.7. The second kappa shape index (κ2) is 6.38. The number of ether oxygens (including phenoxy) is 2. The molecule has 2 rings (SSSR count). The SMILES string of the molecule is COc1ccc(N[C@H]2O[C@@H]([C@H](O)CO)[C@@H](O)[C@@H]2O)cc1. The lowest BCUT2D eigenvalue weighted by Gasteiger charge is -2.19. The zero-order valence-corrected chi connectivity index (χ0v) is 11.0. The predicted octanol–water partition coefficient (Wildman–Crippen LogP) is -1.09. The molecule has 7 nitrogen and oxygen atoms in total. The molecule has 1 aliphatic heterocycles. The molecule has 0 saturated carbocycles. The molecule has 0 amide bonds. The van der Waals surface area contributed by atoms with Gasteiger partial charge in [0.25, 0.3) is 0 Å². The number of rotatable bonds is 5. The van der Waals surface area contributed by atoms with Crippen molar-refractivity contribution in [1.29, 1.82) is 0 Å². The first kappa shape index (κ1) is 15.0. The van der Waals surface area contributed by atoms with Gasteiger partial charge in [0.2, 0.25) is 0 Å². The minimum absolute atomic E-state index is 0.552. The van der Waals surface area contributed by atoms with E-state index in [1.54, 1.807) is 31.4 Å². The van der Waals surface area contributed by atoms with Crippen molar-refractivity contribution >= 4 is 5.69 Å². The van der Waals surface area contributed by atoms with Gasteiger partial charge in [0.15, 0.2) is 6.23 Å². The molecule has 5 atom stereocenters. The Labute approximate surface area is 116 Å². The molecule has 1 aliphatic rings. The lowest BCUT2D eigenvalue weighted by atomic mass is 10.1. The van der Waals surface area contributed by atoms with Gasteiger partial charge in [0, 0.05) is 5.69 Å². The first-order valence-electron chi connectivity index (χ1n) is 6.28. The third kappa shape index (κ3) is 3.02. The average Bonchev–Trinajstić information content (AvgIpc) is 2.76. The van der Waals surface area contributed by atoms with Gasteiger partial charge in [-0.3, -0.25) is 0 Å². The monoisotopic (exact) mass is 285 g/mol. The minimum atomic E-state index is -1.27. The number of nitrogens with one attached hydrogen (secondary N) is 1. The van der Waals surface area contributed by atoms with Gasteiger partial charge in [0.1, 0.15) is 30.2 Å². The van der Waals surface area contributed by atoms with Crippen LogP contribution in [0.5, 0.6) is 5.75 Å². The third-order valence-corrected chi connectivity index (χ3v) is 3.27. The summed E-state index contributed by atoms with van der Waals surface area (Å²) >= 11 is 0. The van der Waals surface area contributed by atoms with Crippen molar-refractivity contribution in [2.45, 2.75) is 30.6 Å². The van der Waals surface area contributed by atoms with Crippen LogP contribution in [0.4, 0.5) is 5.69 Å². The number of benzene rings is 1. The predicted molar refractivity (Wildman–Crippen MR) is 70.4 cm³/mol. The van der Waals surface area contributed by atoms with Crippen LogP contribution in [-0.4, -0.2) is 64.8 Å². The van der Waals surface area contributed by atoms with Crippen LogP contribution >= 0.6 is 0 Å². The summed E-state index contributed by atoms with van der Waals surface area (Å²) in [6.45, 7) is -0.552. The Morgan fingerprint density at radius 3 is 2.45 bits per heavy atom. The molecule has 0 aliphatic carbocycles. The van der Waals surface area contributed by atoms with Crippen LogP contribution < -0.4 is 10.1 Å². The van der Waals surface area contributed by atoms with E-state index in [0.29, 0.717) is 11.4 Å². The molecule has 0 aromatic heterocycles. The second-order valence-electron chi connectivity index (χ2n) is 4.63. The third-order valence-electron chi connectivity index (χ3n) is 3.27. The maximum atomic E-state index is 9.88. The molecule has 0 spiro atoms. The molecule has 7 heteroatoms. The van der Waals surface area contributed by atoms with Crippen molar-refractivity contribution in [3.63, 3.8) is 0 Å². The smallest absolute Gasteiger partial charge is 0.157 e. The van der Waals surface area contributed by atoms with Crippen LogP contribution in [0.15, 0.2) is 24.3 Å². The van der Waals surface area contributed by atoms with Gasteiger partial charge in [-0.15, -0.1) is 0 Å². The first-order chi connectivity index (χ1) is 9.56. The van der Waals surface area contributed by atoms with Gasteiger partial charge >= 0.3 is 0 Å². The van der Waals surface area contributed by atoms with Crippen molar-refractivity contribution in [3.8, 4) is 5.75 Å². The van der Waals surface area contributed by atoms with E-state index in [2.05, 4.69) is 5.32 Å². The van der Waals surface area contributed by atoms with Crippen molar-refractivity contribution in [2.75, 3.05) is 19.0 Å². The Balaban J connectivity index is 2.02. The van der Waals surface area contributed by atoms with Crippen molar-refractivity contribution < 1.29 is 29.9 Å². The average molecular weight is 285 g/mol. The highest BCUT2D eigenvalue weighted by molar-refractivity contribution is 5.47. The number of aliphatic hydroxyl groups is 4. The van der Waals surface area contributed by atoms with Crippen LogP contribution in [0, 0.1) is 0 Å². The fourth-order valence-corrected chi connectivity index (χ4v) is 2.10.